The van der Waals surface area contributed by atoms with Crippen molar-refractivity contribution in [1.82, 2.24) is 29.7 Å². The summed E-state index contributed by atoms with van der Waals surface area (Å²) < 4.78 is 69.9. The number of aromatic amines is 1. The maximum Gasteiger partial charge on any atom is 1.00 e. The van der Waals surface area contributed by atoms with Crippen LogP contribution < -0.4 is 62.4 Å². The number of likely N-dealkylation sites (tertiary alicyclic amines) is 2. The Kier molecular flexibility index (Phi) is 11.3. The van der Waals surface area contributed by atoms with Crippen molar-refractivity contribution in [3.05, 3.63) is 64.2 Å². The average molecular weight is 625 g/mol. The Bertz CT molecular complexity index is 1480. The summed E-state index contributed by atoms with van der Waals surface area (Å²) in [7, 11) is 0. The van der Waals surface area contributed by atoms with Gasteiger partial charge in [-0.15, -0.1) is 0 Å². The Morgan fingerprint density at radius 2 is 1.79 bits per heavy atom. The van der Waals surface area contributed by atoms with Crippen LogP contribution >= 0.6 is 0 Å². The van der Waals surface area contributed by atoms with Crippen LogP contribution in [0.25, 0.3) is 11.2 Å². The van der Waals surface area contributed by atoms with E-state index < -0.39 is 54.8 Å². The molecule has 2 aliphatic rings. The van der Waals surface area contributed by atoms with Crippen LogP contribution in [0.2, 0.25) is 0 Å². The van der Waals surface area contributed by atoms with E-state index >= 15 is 0 Å². The van der Waals surface area contributed by atoms with Gasteiger partial charge in [0.1, 0.15) is 12.6 Å². The standard InChI is InChI=1S/C26H27F5N6O3.K.H2O.H/c27-18-4-1-3-17(21(18)28)15-6-7-19(23(38)36(13-15)14-26(29,30)31)33-24(39)35-11-8-16(9-12-35)37-20-5-2-10-32-22(20)34-25(37)40;;;/h1-5,10,15-16,19H,6-9,11-14H2,(H,33,39)(H,32,34,40);;1H2;/q;+1;;-1/t15-,19-;;;/m1.../s1. The third-order valence-corrected chi connectivity index (χ3v) is 7.55. The predicted octanol–water partition coefficient (Wildman–Crippen LogP) is -0.0218. The van der Waals surface area contributed by atoms with Gasteiger partial charge >= 0.3 is 69.3 Å². The van der Waals surface area contributed by atoms with Gasteiger partial charge in [0.05, 0.1) is 5.52 Å². The van der Waals surface area contributed by atoms with E-state index in [-0.39, 0.29) is 102 Å². The number of hydrogen-bond acceptors (Lipinski definition) is 4. The van der Waals surface area contributed by atoms with Gasteiger partial charge in [-0.3, -0.25) is 14.3 Å². The van der Waals surface area contributed by atoms with E-state index in [4.69, 9.17) is 0 Å². The number of fused-ring (bicyclic) bond motifs is 1. The summed E-state index contributed by atoms with van der Waals surface area (Å²) in [5, 5.41) is 2.56. The SMILES string of the molecule is O.O=C(N[C@@H]1CC[C@@H](c2cccc(F)c2F)CN(CC(F)(F)F)C1=O)N1CCC(n2c(=O)[nH]c3ncccc32)CC1.[H-].[K+]. The van der Waals surface area contributed by atoms with Gasteiger partial charge in [0.2, 0.25) is 5.91 Å². The summed E-state index contributed by atoms with van der Waals surface area (Å²) in [5.74, 6) is -4.11. The summed E-state index contributed by atoms with van der Waals surface area (Å²) >= 11 is 0. The summed E-state index contributed by atoms with van der Waals surface area (Å²) in [6.07, 6.45) is -2.27. The predicted molar refractivity (Wildman–Crippen MR) is 138 cm³/mol. The first kappa shape index (κ1) is 34.1. The van der Waals surface area contributed by atoms with Crippen LogP contribution in [0.1, 0.15) is 44.6 Å². The molecular weight excluding hydrogens is 594 g/mol. The topological polar surface area (TPSA) is 135 Å². The van der Waals surface area contributed by atoms with E-state index in [0.29, 0.717) is 28.9 Å². The molecule has 1 aromatic carbocycles. The van der Waals surface area contributed by atoms with E-state index in [1.807, 2.05) is 0 Å². The Morgan fingerprint density at radius 1 is 1.07 bits per heavy atom. The van der Waals surface area contributed by atoms with Crippen LogP contribution in [0.4, 0.5) is 26.7 Å². The smallest absolute Gasteiger partial charge is 1.00 e. The quantitative estimate of drug-likeness (QED) is 0.312. The molecule has 16 heteroatoms. The van der Waals surface area contributed by atoms with E-state index in [1.165, 1.54) is 17.0 Å². The second-order valence-corrected chi connectivity index (χ2v) is 10.1. The van der Waals surface area contributed by atoms with Crippen molar-refractivity contribution >= 4 is 23.1 Å². The molecule has 3 aromatic rings. The van der Waals surface area contributed by atoms with Gasteiger partial charge in [-0.25, -0.2) is 23.4 Å². The maximum atomic E-state index is 14.5. The molecule has 0 radical (unpaired) electrons. The molecule has 42 heavy (non-hydrogen) atoms. The zero-order chi connectivity index (χ0) is 28.6. The van der Waals surface area contributed by atoms with Crippen molar-refractivity contribution in [2.75, 3.05) is 26.2 Å². The maximum absolute atomic E-state index is 14.5. The van der Waals surface area contributed by atoms with Crippen LogP contribution in [0.15, 0.2) is 41.3 Å². The minimum Gasteiger partial charge on any atom is -1.00 e. The number of hydrogen-bond donors (Lipinski definition) is 2. The number of H-pyrrole nitrogens is 1. The summed E-state index contributed by atoms with van der Waals surface area (Å²) in [5.41, 5.74) is 0.680. The van der Waals surface area contributed by atoms with Gasteiger partial charge < -0.3 is 22.0 Å². The Morgan fingerprint density at radius 3 is 2.48 bits per heavy atom. The van der Waals surface area contributed by atoms with Crippen molar-refractivity contribution in [2.45, 2.75) is 49.9 Å². The third kappa shape index (κ3) is 7.39. The number of aromatic nitrogens is 3. The van der Waals surface area contributed by atoms with Gasteiger partial charge in [0.15, 0.2) is 17.3 Å². The van der Waals surface area contributed by atoms with Crippen LogP contribution in [0, 0.1) is 11.6 Å². The number of carbonyl (C=O) groups is 2. The molecule has 0 saturated carbocycles. The van der Waals surface area contributed by atoms with Crippen molar-refractivity contribution in [3.63, 3.8) is 0 Å². The van der Waals surface area contributed by atoms with Gasteiger partial charge in [0, 0.05) is 37.8 Å². The molecule has 0 aliphatic carbocycles. The number of urea groups is 1. The number of imidazole rings is 1. The molecule has 2 atom stereocenters. The molecule has 0 spiro atoms. The summed E-state index contributed by atoms with van der Waals surface area (Å²) in [4.78, 5) is 47.5. The molecule has 4 N–H and O–H groups in total. The van der Waals surface area contributed by atoms with E-state index in [1.54, 1.807) is 22.9 Å². The number of piperidine rings is 1. The Balaban J connectivity index is 0.00000215. The number of carbonyl (C=O) groups excluding carboxylic acids is 2. The molecule has 2 fully saturated rings. The molecule has 3 amide bonds. The molecule has 0 unspecified atom stereocenters. The Hall–Kier alpha value is -2.37. The Labute approximate surface area is 280 Å². The van der Waals surface area contributed by atoms with Crippen LogP contribution in [0.3, 0.4) is 0 Å². The van der Waals surface area contributed by atoms with E-state index in [2.05, 4.69) is 15.3 Å². The first-order valence-electron chi connectivity index (χ1n) is 12.9. The fourth-order valence-electron chi connectivity index (χ4n) is 5.63. The van der Waals surface area contributed by atoms with Gasteiger partial charge in [0.25, 0.3) is 0 Å². The largest absolute Gasteiger partial charge is 1.00 e. The zero-order valence-electron chi connectivity index (χ0n) is 23.8. The molecule has 224 valence electrons. The molecule has 5 rings (SSSR count). The first-order valence-corrected chi connectivity index (χ1v) is 12.9. The van der Waals surface area contributed by atoms with Crippen LogP contribution in [0.5, 0.6) is 0 Å². The summed E-state index contributed by atoms with van der Waals surface area (Å²) in [6, 6.07) is 4.87. The van der Waals surface area contributed by atoms with Crippen LogP contribution in [-0.4, -0.2) is 80.1 Å². The number of alkyl halides is 3. The molecule has 0 bridgehead atoms. The molecule has 10 nitrogen and oxygen atoms in total. The van der Waals surface area contributed by atoms with Crippen molar-refractivity contribution in [1.29, 1.82) is 0 Å². The molecule has 2 saturated heterocycles. The fraction of sp³-hybridized carbons (Fsp3) is 0.462. The number of rotatable bonds is 4. The minimum atomic E-state index is -4.72. The molecule has 2 aliphatic heterocycles. The van der Waals surface area contributed by atoms with E-state index in [9.17, 15) is 36.3 Å². The third-order valence-electron chi connectivity index (χ3n) is 7.55. The minimum absolute atomic E-state index is 0. The van der Waals surface area contributed by atoms with Crippen molar-refractivity contribution in [2.24, 2.45) is 0 Å². The average Bonchev–Trinajstić information content (AvgIpc) is 3.18. The number of pyridine rings is 1. The monoisotopic (exact) mass is 624 g/mol. The number of nitrogens with zero attached hydrogens (tertiary/aromatic N) is 4. The van der Waals surface area contributed by atoms with Gasteiger partial charge in [-0.05, 0) is 49.4 Å². The summed E-state index contributed by atoms with van der Waals surface area (Å²) in [6.45, 7) is -1.55. The molecular formula is C26H30F5KN6O4. The van der Waals surface area contributed by atoms with Crippen molar-refractivity contribution < 1.29 is 89.8 Å². The number of benzene rings is 1. The number of nitrogens with one attached hydrogen (secondary N) is 2. The first-order chi connectivity index (χ1) is 19.0. The van der Waals surface area contributed by atoms with E-state index in [0.717, 1.165) is 6.07 Å². The molecule has 2 aromatic heterocycles. The second-order valence-electron chi connectivity index (χ2n) is 10.1. The van der Waals surface area contributed by atoms with Crippen molar-refractivity contribution in [3.8, 4) is 0 Å². The normalized spacial score (nSPS) is 20.1. The number of halogens is 5. The van der Waals surface area contributed by atoms with Crippen LogP contribution in [-0.2, 0) is 4.79 Å². The molecule has 4 heterocycles. The zero-order valence-corrected chi connectivity index (χ0v) is 25.9. The van der Waals surface area contributed by atoms with Gasteiger partial charge in [-0.2, -0.15) is 13.2 Å². The van der Waals surface area contributed by atoms with Gasteiger partial charge in [-0.1, -0.05) is 12.1 Å². The number of amides is 3. The second kappa shape index (κ2) is 13.9. The fourth-order valence-corrected chi connectivity index (χ4v) is 5.63.